The molecule has 0 amide bonds. The zero-order chi connectivity index (χ0) is 15.6. The molecule has 0 saturated carbocycles. The summed E-state index contributed by atoms with van der Waals surface area (Å²) >= 11 is 0. The molecule has 0 radical (unpaired) electrons. The van der Waals surface area contributed by atoms with Crippen molar-refractivity contribution in [3.63, 3.8) is 0 Å². The third-order valence-corrected chi connectivity index (χ3v) is 3.00. The maximum Gasteiger partial charge on any atom is 0.107 e. The molecule has 0 saturated heterocycles. The highest BCUT2D eigenvalue weighted by Crippen LogP contribution is 2.22. The van der Waals surface area contributed by atoms with Gasteiger partial charge in [0.2, 0.25) is 0 Å². The van der Waals surface area contributed by atoms with Crippen LogP contribution in [0.25, 0.3) is 0 Å². The molecule has 20 heavy (non-hydrogen) atoms. The summed E-state index contributed by atoms with van der Waals surface area (Å²) in [6.45, 7) is 15.0. The van der Waals surface area contributed by atoms with Crippen molar-refractivity contribution in [2.75, 3.05) is 26.4 Å². The molecule has 0 aromatic heterocycles. The molecule has 0 bridgehead atoms. The van der Waals surface area contributed by atoms with Gasteiger partial charge in [0.05, 0.1) is 31.0 Å². The van der Waals surface area contributed by atoms with Crippen LogP contribution in [0, 0.1) is 18.3 Å². The van der Waals surface area contributed by atoms with Gasteiger partial charge in [-0.1, -0.05) is 19.8 Å². The summed E-state index contributed by atoms with van der Waals surface area (Å²) < 4.78 is 17.0. The van der Waals surface area contributed by atoms with Gasteiger partial charge in [-0.05, 0) is 46.5 Å². The van der Waals surface area contributed by atoms with Gasteiger partial charge in [-0.3, -0.25) is 0 Å². The Bertz CT molecular complexity index is 287. The smallest absolute Gasteiger partial charge is 0.107 e. The van der Waals surface area contributed by atoms with Crippen LogP contribution in [-0.4, -0.2) is 37.6 Å². The molecule has 3 nitrogen and oxygen atoms in total. The minimum Gasteiger partial charge on any atom is -0.375 e. The summed E-state index contributed by atoms with van der Waals surface area (Å²) in [5.74, 6) is 3.08. The van der Waals surface area contributed by atoms with Gasteiger partial charge < -0.3 is 14.2 Å². The molecule has 0 atom stereocenters. The van der Waals surface area contributed by atoms with Gasteiger partial charge in [-0.25, -0.2) is 0 Å². The van der Waals surface area contributed by atoms with Crippen molar-refractivity contribution >= 4 is 0 Å². The molecule has 0 unspecified atom stereocenters. The fourth-order valence-corrected chi connectivity index (χ4v) is 2.20. The Labute approximate surface area is 125 Å². The average molecular weight is 284 g/mol. The standard InChI is InChI=1S/C17H32O3/c1-8-10-18-12-13-20-16(4,5)9-11-19-17(6,7)14-15(2)3/h1,15H,9-14H2,2-7H3. The second-order valence-corrected chi connectivity index (χ2v) is 6.82. The molecule has 0 aromatic carbocycles. The summed E-state index contributed by atoms with van der Waals surface area (Å²) in [7, 11) is 0. The Balaban J connectivity index is 3.84. The summed E-state index contributed by atoms with van der Waals surface area (Å²) in [5, 5.41) is 0. The van der Waals surface area contributed by atoms with Gasteiger partial charge in [-0.2, -0.15) is 0 Å². The van der Waals surface area contributed by atoms with Gasteiger partial charge in [0, 0.05) is 0 Å². The van der Waals surface area contributed by atoms with Crippen molar-refractivity contribution in [2.24, 2.45) is 5.92 Å². The van der Waals surface area contributed by atoms with Crippen LogP contribution < -0.4 is 0 Å². The van der Waals surface area contributed by atoms with Gasteiger partial charge in [0.25, 0.3) is 0 Å². The van der Waals surface area contributed by atoms with E-state index >= 15 is 0 Å². The predicted molar refractivity (Wildman–Crippen MR) is 83.8 cm³/mol. The first-order chi connectivity index (χ1) is 9.18. The van der Waals surface area contributed by atoms with Crippen LogP contribution in [0.2, 0.25) is 0 Å². The Kier molecular flexibility index (Phi) is 9.13. The lowest BCUT2D eigenvalue weighted by Gasteiger charge is -2.30. The molecular weight excluding hydrogens is 252 g/mol. The maximum absolute atomic E-state index is 5.98. The average Bonchev–Trinajstić information content (AvgIpc) is 2.26. The highest BCUT2D eigenvalue weighted by molar-refractivity contribution is 4.82. The van der Waals surface area contributed by atoms with E-state index in [2.05, 4.69) is 47.5 Å². The zero-order valence-electron chi connectivity index (χ0n) is 14.1. The van der Waals surface area contributed by atoms with E-state index in [1.807, 2.05) is 0 Å². The fourth-order valence-electron chi connectivity index (χ4n) is 2.20. The monoisotopic (exact) mass is 284 g/mol. The predicted octanol–water partition coefficient (Wildman–Crippen LogP) is 3.66. The van der Waals surface area contributed by atoms with Crippen molar-refractivity contribution in [3.05, 3.63) is 0 Å². The van der Waals surface area contributed by atoms with E-state index < -0.39 is 0 Å². The Morgan fingerprint density at radius 3 is 2.10 bits per heavy atom. The molecule has 0 rings (SSSR count). The topological polar surface area (TPSA) is 27.7 Å². The van der Waals surface area contributed by atoms with Crippen LogP contribution in [0.5, 0.6) is 0 Å². The van der Waals surface area contributed by atoms with Crippen LogP contribution in [0.3, 0.4) is 0 Å². The number of ether oxygens (including phenoxy) is 3. The van der Waals surface area contributed by atoms with Crippen LogP contribution >= 0.6 is 0 Å². The van der Waals surface area contributed by atoms with E-state index in [0.29, 0.717) is 32.3 Å². The van der Waals surface area contributed by atoms with E-state index in [-0.39, 0.29) is 11.2 Å². The molecule has 0 aromatic rings. The number of rotatable bonds is 11. The SMILES string of the molecule is C#CCOCCOC(C)(C)CCOC(C)(C)CC(C)C. The van der Waals surface area contributed by atoms with Gasteiger partial charge in [0.1, 0.15) is 6.61 Å². The van der Waals surface area contributed by atoms with E-state index in [9.17, 15) is 0 Å². The summed E-state index contributed by atoms with van der Waals surface area (Å²) in [6.07, 6.45) is 7.03. The zero-order valence-corrected chi connectivity index (χ0v) is 14.1. The Hall–Kier alpha value is -0.560. The summed E-state index contributed by atoms with van der Waals surface area (Å²) in [4.78, 5) is 0. The van der Waals surface area contributed by atoms with Crippen LogP contribution in [0.15, 0.2) is 0 Å². The number of hydrogen-bond acceptors (Lipinski definition) is 3. The fraction of sp³-hybridized carbons (Fsp3) is 0.882. The molecule has 0 fully saturated rings. The highest BCUT2D eigenvalue weighted by atomic mass is 16.5. The molecule has 0 aliphatic heterocycles. The Morgan fingerprint density at radius 2 is 1.55 bits per heavy atom. The highest BCUT2D eigenvalue weighted by Gasteiger charge is 2.23. The first-order valence-corrected chi connectivity index (χ1v) is 7.48. The van der Waals surface area contributed by atoms with Crippen molar-refractivity contribution in [3.8, 4) is 12.3 Å². The molecule has 0 heterocycles. The lowest BCUT2D eigenvalue weighted by Crippen LogP contribution is -2.32. The van der Waals surface area contributed by atoms with Crippen LogP contribution in [-0.2, 0) is 14.2 Å². The second kappa shape index (κ2) is 9.39. The minimum atomic E-state index is -0.201. The van der Waals surface area contributed by atoms with Crippen molar-refractivity contribution in [1.82, 2.24) is 0 Å². The summed E-state index contributed by atoms with van der Waals surface area (Å²) in [6, 6.07) is 0. The van der Waals surface area contributed by atoms with E-state index in [1.54, 1.807) is 0 Å². The molecule has 3 heteroatoms. The molecule has 118 valence electrons. The lowest BCUT2D eigenvalue weighted by atomic mass is 9.96. The molecule has 0 N–H and O–H groups in total. The summed E-state index contributed by atoms with van der Waals surface area (Å²) in [5.41, 5.74) is -0.270. The molecule has 0 aliphatic carbocycles. The normalized spacial score (nSPS) is 12.7. The van der Waals surface area contributed by atoms with Gasteiger partial charge in [0.15, 0.2) is 0 Å². The van der Waals surface area contributed by atoms with Crippen molar-refractivity contribution < 1.29 is 14.2 Å². The van der Waals surface area contributed by atoms with Crippen molar-refractivity contribution in [1.29, 1.82) is 0 Å². The number of terminal acetylenes is 1. The molecular formula is C17H32O3. The minimum absolute atomic E-state index is 0.0693. The van der Waals surface area contributed by atoms with Crippen LogP contribution in [0.1, 0.15) is 54.4 Å². The first-order valence-electron chi connectivity index (χ1n) is 7.48. The number of hydrogen-bond donors (Lipinski definition) is 0. The Morgan fingerprint density at radius 1 is 0.950 bits per heavy atom. The molecule has 0 spiro atoms. The van der Waals surface area contributed by atoms with Gasteiger partial charge in [-0.15, -0.1) is 6.42 Å². The third kappa shape index (κ3) is 11.3. The van der Waals surface area contributed by atoms with Gasteiger partial charge >= 0.3 is 0 Å². The molecule has 0 aliphatic rings. The first kappa shape index (κ1) is 19.4. The lowest BCUT2D eigenvalue weighted by molar-refractivity contribution is -0.0857. The largest absolute Gasteiger partial charge is 0.375 e. The van der Waals surface area contributed by atoms with Crippen LogP contribution in [0.4, 0.5) is 0 Å². The van der Waals surface area contributed by atoms with E-state index in [1.165, 1.54) is 0 Å². The second-order valence-electron chi connectivity index (χ2n) is 6.82. The maximum atomic E-state index is 5.98. The van der Waals surface area contributed by atoms with Crippen molar-refractivity contribution in [2.45, 2.75) is 65.6 Å². The third-order valence-electron chi connectivity index (χ3n) is 3.00. The van der Waals surface area contributed by atoms with E-state index in [4.69, 9.17) is 20.6 Å². The van der Waals surface area contributed by atoms with E-state index in [0.717, 1.165) is 12.8 Å². The quantitative estimate of drug-likeness (QED) is 0.428.